The van der Waals surface area contributed by atoms with Crippen molar-refractivity contribution in [2.24, 2.45) is 5.92 Å². The van der Waals surface area contributed by atoms with Crippen molar-refractivity contribution in [3.8, 4) is 0 Å². The summed E-state index contributed by atoms with van der Waals surface area (Å²) in [6.45, 7) is 2.13. The molecule has 0 amide bonds. The molecule has 0 heterocycles. The summed E-state index contributed by atoms with van der Waals surface area (Å²) in [4.78, 5) is 0. The Kier molecular flexibility index (Phi) is 4.90. The molecule has 0 bridgehead atoms. The van der Waals surface area contributed by atoms with Crippen LogP contribution in [-0.2, 0) is 12.6 Å². The molecule has 0 saturated carbocycles. The first-order valence-corrected chi connectivity index (χ1v) is 9.77. The maximum atomic E-state index is 14.2. The van der Waals surface area contributed by atoms with Crippen molar-refractivity contribution in [2.75, 3.05) is 0 Å². The van der Waals surface area contributed by atoms with E-state index in [1.807, 2.05) is 18.2 Å². The molecular weight excluding hydrogens is 364 g/mol. The molecule has 2 unspecified atom stereocenters. The van der Waals surface area contributed by atoms with Crippen LogP contribution in [0.1, 0.15) is 54.4 Å². The van der Waals surface area contributed by atoms with Crippen LogP contribution in [0.25, 0.3) is 10.8 Å². The first-order valence-electron chi connectivity index (χ1n) is 9.77. The lowest BCUT2D eigenvalue weighted by Crippen LogP contribution is -2.22. The fourth-order valence-electron chi connectivity index (χ4n) is 4.73. The first kappa shape index (κ1) is 19.0. The summed E-state index contributed by atoms with van der Waals surface area (Å²) in [7, 11) is 0. The highest BCUT2D eigenvalue weighted by molar-refractivity contribution is 5.88. The van der Waals surface area contributed by atoms with Crippen LogP contribution in [0.5, 0.6) is 0 Å². The van der Waals surface area contributed by atoms with Crippen LogP contribution in [0, 0.1) is 11.7 Å². The van der Waals surface area contributed by atoms with E-state index in [1.165, 1.54) is 18.2 Å². The largest absolute Gasteiger partial charge is 0.416 e. The summed E-state index contributed by atoms with van der Waals surface area (Å²) in [5, 5.41) is 1.53. The molecule has 0 spiro atoms. The van der Waals surface area contributed by atoms with Crippen molar-refractivity contribution in [2.45, 2.75) is 44.7 Å². The summed E-state index contributed by atoms with van der Waals surface area (Å²) >= 11 is 0. The predicted octanol–water partition coefficient (Wildman–Crippen LogP) is 7.49. The number of rotatable bonds is 3. The smallest absolute Gasteiger partial charge is 0.206 e. The quantitative estimate of drug-likeness (QED) is 0.409. The molecule has 0 saturated heterocycles. The lowest BCUT2D eigenvalue weighted by Gasteiger charge is -2.35. The molecule has 3 aromatic carbocycles. The molecule has 0 fully saturated rings. The first-order chi connectivity index (χ1) is 13.4. The number of benzene rings is 3. The molecule has 0 N–H and O–H groups in total. The maximum Gasteiger partial charge on any atom is 0.416 e. The topological polar surface area (TPSA) is 0 Å². The molecule has 1 aliphatic rings. The van der Waals surface area contributed by atoms with Gasteiger partial charge in [-0.25, -0.2) is 4.39 Å². The zero-order valence-electron chi connectivity index (χ0n) is 15.7. The lowest BCUT2D eigenvalue weighted by molar-refractivity contribution is -0.137. The van der Waals surface area contributed by atoms with Crippen LogP contribution in [0.3, 0.4) is 0 Å². The van der Waals surface area contributed by atoms with Crippen LogP contribution in [0.15, 0.2) is 54.6 Å². The number of hydrogen-bond donors (Lipinski definition) is 0. The van der Waals surface area contributed by atoms with Crippen LogP contribution in [-0.4, -0.2) is 0 Å². The van der Waals surface area contributed by atoms with Crippen LogP contribution < -0.4 is 0 Å². The van der Waals surface area contributed by atoms with Gasteiger partial charge in [0.15, 0.2) is 0 Å². The van der Waals surface area contributed by atoms with Gasteiger partial charge in [-0.1, -0.05) is 49.7 Å². The Bertz CT molecular complexity index is 986. The van der Waals surface area contributed by atoms with Gasteiger partial charge in [-0.05, 0) is 65.5 Å². The number of halogens is 4. The molecule has 3 aromatic rings. The van der Waals surface area contributed by atoms with Gasteiger partial charge in [0.05, 0.1) is 5.56 Å². The molecule has 28 heavy (non-hydrogen) atoms. The Balaban J connectivity index is 1.84. The van der Waals surface area contributed by atoms with E-state index < -0.39 is 11.7 Å². The Morgan fingerprint density at radius 1 is 0.929 bits per heavy atom. The minimum absolute atomic E-state index is 0.0404. The normalized spacial score (nSPS) is 19.6. The van der Waals surface area contributed by atoms with Gasteiger partial charge in [0.1, 0.15) is 5.82 Å². The van der Waals surface area contributed by atoms with E-state index in [9.17, 15) is 17.6 Å². The van der Waals surface area contributed by atoms with Gasteiger partial charge in [0.25, 0.3) is 0 Å². The molecule has 146 valence electrons. The molecule has 1 aliphatic carbocycles. The molecule has 4 heteroatoms. The number of aryl methyl sites for hydroxylation is 1. The molecular formula is C24H22F4. The molecule has 2 atom stereocenters. The average molecular weight is 386 g/mol. The Hall–Kier alpha value is -2.36. The van der Waals surface area contributed by atoms with Crippen LogP contribution in [0.4, 0.5) is 17.6 Å². The average Bonchev–Trinajstić information content (AvgIpc) is 2.67. The van der Waals surface area contributed by atoms with Crippen molar-refractivity contribution < 1.29 is 17.6 Å². The van der Waals surface area contributed by atoms with Crippen molar-refractivity contribution in [3.63, 3.8) is 0 Å². The summed E-state index contributed by atoms with van der Waals surface area (Å²) in [6, 6.07) is 14.5. The summed E-state index contributed by atoms with van der Waals surface area (Å²) in [6.07, 6.45) is -0.453. The third kappa shape index (κ3) is 3.30. The molecule has 0 nitrogen and oxygen atoms in total. The van der Waals surface area contributed by atoms with E-state index in [4.69, 9.17) is 0 Å². The highest BCUT2D eigenvalue weighted by atomic mass is 19.4. The van der Waals surface area contributed by atoms with E-state index in [0.29, 0.717) is 11.3 Å². The van der Waals surface area contributed by atoms with E-state index in [-0.39, 0.29) is 11.7 Å². The zero-order chi connectivity index (χ0) is 19.9. The summed E-state index contributed by atoms with van der Waals surface area (Å²) in [5.41, 5.74) is 2.54. The summed E-state index contributed by atoms with van der Waals surface area (Å²) < 4.78 is 53.1. The minimum Gasteiger partial charge on any atom is -0.206 e. The number of fused-ring (bicyclic) bond motifs is 3. The van der Waals surface area contributed by atoms with Gasteiger partial charge in [-0.15, -0.1) is 0 Å². The number of alkyl halides is 3. The predicted molar refractivity (Wildman–Crippen MR) is 104 cm³/mol. The molecule has 0 radical (unpaired) electrons. The second-order valence-corrected chi connectivity index (χ2v) is 7.65. The zero-order valence-corrected chi connectivity index (χ0v) is 15.7. The second-order valence-electron chi connectivity index (χ2n) is 7.65. The van der Waals surface area contributed by atoms with Gasteiger partial charge in [0.2, 0.25) is 0 Å². The van der Waals surface area contributed by atoms with Crippen molar-refractivity contribution in [1.82, 2.24) is 0 Å². The van der Waals surface area contributed by atoms with Crippen molar-refractivity contribution in [3.05, 3.63) is 82.7 Å². The maximum absolute atomic E-state index is 14.2. The SMILES string of the molecule is CCCC1CCc2c(ccc3c(F)cccc23)C1c1ccc(C(F)(F)F)cc1. The van der Waals surface area contributed by atoms with Gasteiger partial charge in [0, 0.05) is 11.3 Å². The van der Waals surface area contributed by atoms with E-state index in [0.717, 1.165) is 47.8 Å². The fraction of sp³-hybridized carbons (Fsp3) is 0.333. The molecule has 4 rings (SSSR count). The third-order valence-electron chi connectivity index (χ3n) is 5.98. The third-order valence-corrected chi connectivity index (χ3v) is 5.98. The van der Waals surface area contributed by atoms with Gasteiger partial charge in [-0.3, -0.25) is 0 Å². The van der Waals surface area contributed by atoms with E-state index >= 15 is 0 Å². The van der Waals surface area contributed by atoms with Crippen molar-refractivity contribution in [1.29, 1.82) is 0 Å². The molecule has 0 aromatic heterocycles. The highest BCUT2D eigenvalue weighted by Crippen LogP contribution is 2.45. The van der Waals surface area contributed by atoms with E-state index in [1.54, 1.807) is 18.2 Å². The summed E-state index contributed by atoms with van der Waals surface area (Å²) in [5.74, 6) is 0.181. The molecule has 0 aliphatic heterocycles. The monoisotopic (exact) mass is 386 g/mol. The van der Waals surface area contributed by atoms with Gasteiger partial charge >= 0.3 is 6.18 Å². The Morgan fingerprint density at radius 3 is 2.36 bits per heavy atom. The lowest BCUT2D eigenvalue weighted by atomic mass is 9.69. The standard InChI is InChI=1S/C24H22F4/c1-2-4-15-9-12-19-18-5-3-6-22(25)20(18)13-14-21(19)23(15)16-7-10-17(11-8-16)24(26,27)28/h3,5-8,10-11,13-15,23H,2,4,9,12H2,1H3. The Morgan fingerprint density at radius 2 is 1.68 bits per heavy atom. The van der Waals surface area contributed by atoms with E-state index in [2.05, 4.69) is 6.92 Å². The van der Waals surface area contributed by atoms with Crippen molar-refractivity contribution >= 4 is 10.8 Å². The second kappa shape index (κ2) is 7.23. The van der Waals surface area contributed by atoms with Gasteiger partial charge in [-0.2, -0.15) is 13.2 Å². The van der Waals surface area contributed by atoms with Crippen LogP contribution in [0.2, 0.25) is 0 Å². The Labute approximate surface area is 162 Å². The highest BCUT2D eigenvalue weighted by Gasteiger charge is 2.33. The van der Waals surface area contributed by atoms with Gasteiger partial charge < -0.3 is 0 Å². The number of hydrogen-bond acceptors (Lipinski definition) is 0. The van der Waals surface area contributed by atoms with Crippen LogP contribution >= 0.6 is 0 Å². The minimum atomic E-state index is -4.33. The fourth-order valence-corrected chi connectivity index (χ4v) is 4.73.